The SMILES string of the molecule is CCN(CC)C(=O)CN[C@H]1CCc2c(-c3noc(-c4ccc(O)c(C#N)c4)n3)cccc21. The lowest BCUT2D eigenvalue weighted by molar-refractivity contribution is -0.130. The van der Waals surface area contributed by atoms with Crippen molar-refractivity contribution in [2.75, 3.05) is 19.6 Å². The number of hydrogen-bond acceptors (Lipinski definition) is 7. The molecule has 1 aliphatic rings. The third-order valence-electron chi connectivity index (χ3n) is 5.92. The van der Waals surface area contributed by atoms with Crippen molar-refractivity contribution >= 4 is 5.91 Å². The minimum Gasteiger partial charge on any atom is -0.507 e. The zero-order chi connectivity index (χ0) is 22.7. The number of nitriles is 1. The Balaban J connectivity index is 1.55. The summed E-state index contributed by atoms with van der Waals surface area (Å²) in [6, 6.07) is 12.6. The van der Waals surface area contributed by atoms with Gasteiger partial charge in [0.15, 0.2) is 0 Å². The Morgan fingerprint density at radius 1 is 1.31 bits per heavy atom. The fraction of sp³-hybridized carbons (Fsp3) is 0.333. The quantitative estimate of drug-likeness (QED) is 0.589. The van der Waals surface area contributed by atoms with Crippen LogP contribution in [0.3, 0.4) is 0 Å². The molecule has 2 aromatic carbocycles. The molecule has 1 heterocycles. The van der Waals surface area contributed by atoms with Crippen LogP contribution in [0.5, 0.6) is 5.75 Å². The van der Waals surface area contributed by atoms with Gasteiger partial charge in [-0.15, -0.1) is 0 Å². The highest BCUT2D eigenvalue weighted by molar-refractivity contribution is 5.78. The van der Waals surface area contributed by atoms with E-state index in [2.05, 4.69) is 21.5 Å². The summed E-state index contributed by atoms with van der Waals surface area (Å²) in [7, 11) is 0. The highest BCUT2D eigenvalue weighted by Gasteiger charge is 2.27. The molecule has 0 radical (unpaired) electrons. The minimum atomic E-state index is -0.0881. The molecule has 32 heavy (non-hydrogen) atoms. The molecule has 0 bridgehead atoms. The van der Waals surface area contributed by atoms with Gasteiger partial charge in [-0.05, 0) is 56.0 Å². The summed E-state index contributed by atoms with van der Waals surface area (Å²) in [5, 5.41) is 26.4. The molecule has 1 atom stereocenters. The van der Waals surface area contributed by atoms with Crippen molar-refractivity contribution in [1.29, 1.82) is 5.26 Å². The predicted octanol–water partition coefficient (Wildman–Crippen LogP) is 3.43. The number of phenolic OH excluding ortho intramolecular Hbond substituents is 1. The molecule has 8 nitrogen and oxygen atoms in total. The van der Waals surface area contributed by atoms with Gasteiger partial charge in [0, 0.05) is 30.3 Å². The fourth-order valence-electron chi connectivity index (χ4n) is 4.18. The molecule has 0 saturated heterocycles. The summed E-state index contributed by atoms with van der Waals surface area (Å²) in [5.41, 5.74) is 3.92. The highest BCUT2D eigenvalue weighted by Crippen LogP contribution is 2.37. The lowest BCUT2D eigenvalue weighted by atomic mass is 10.0. The summed E-state index contributed by atoms with van der Waals surface area (Å²) < 4.78 is 5.44. The van der Waals surface area contributed by atoms with Crippen LogP contribution in [0.2, 0.25) is 0 Å². The molecular formula is C24H25N5O3. The average Bonchev–Trinajstić information content (AvgIpc) is 3.46. The smallest absolute Gasteiger partial charge is 0.258 e. The van der Waals surface area contributed by atoms with Gasteiger partial charge >= 0.3 is 0 Å². The van der Waals surface area contributed by atoms with Gasteiger partial charge in [0.25, 0.3) is 5.89 Å². The number of phenols is 1. The van der Waals surface area contributed by atoms with E-state index >= 15 is 0 Å². The van der Waals surface area contributed by atoms with Crippen molar-refractivity contribution in [3.05, 3.63) is 53.1 Å². The van der Waals surface area contributed by atoms with Crippen LogP contribution in [0.1, 0.15) is 43.0 Å². The number of rotatable bonds is 7. The van der Waals surface area contributed by atoms with Crippen LogP contribution in [-0.4, -0.2) is 45.7 Å². The predicted molar refractivity (Wildman–Crippen MR) is 119 cm³/mol. The number of nitrogens with zero attached hydrogens (tertiary/aromatic N) is 4. The number of likely N-dealkylation sites (N-methyl/N-ethyl adjacent to an activating group) is 1. The van der Waals surface area contributed by atoms with Gasteiger partial charge in [0.1, 0.15) is 11.8 Å². The van der Waals surface area contributed by atoms with E-state index in [1.807, 2.05) is 36.9 Å². The van der Waals surface area contributed by atoms with Crippen molar-refractivity contribution < 1.29 is 14.4 Å². The molecule has 0 fully saturated rings. The summed E-state index contributed by atoms with van der Waals surface area (Å²) in [6.45, 7) is 5.69. The first-order chi connectivity index (χ1) is 15.5. The standard InChI is InChI=1S/C24H25N5O3/c1-3-29(4-2)22(31)14-26-20-10-9-17-18(20)6-5-7-19(17)23-27-24(32-28-23)15-8-11-21(30)16(12-15)13-25/h5-8,11-12,20,26,30H,3-4,9-10,14H2,1-2H3/t20-/m0/s1. The van der Waals surface area contributed by atoms with Gasteiger partial charge in [0.2, 0.25) is 11.7 Å². The second kappa shape index (κ2) is 9.20. The molecule has 1 aromatic heterocycles. The van der Waals surface area contributed by atoms with Crippen LogP contribution < -0.4 is 5.32 Å². The van der Waals surface area contributed by atoms with E-state index in [9.17, 15) is 9.90 Å². The lowest BCUT2D eigenvalue weighted by Crippen LogP contribution is -2.38. The molecule has 3 aromatic rings. The summed E-state index contributed by atoms with van der Waals surface area (Å²) in [6.07, 6.45) is 1.75. The Kier molecular flexibility index (Phi) is 6.19. The van der Waals surface area contributed by atoms with Crippen LogP contribution in [0.15, 0.2) is 40.9 Å². The second-order valence-electron chi connectivity index (χ2n) is 7.68. The fourth-order valence-corrected chi connectivity index (χ4v) is 4.18. The molecule has 164 valence electrons. The molecular weight excluding hydrogens is 406 g/mol. The van der Waals surface area contributed by atoms with Crippen LogP contribution in [0.4, 0.5) is 0 Å². The Labute approximate surface area is 186 Å². The van der Waals surface area contributed by atoms with Gasteiger partial charge < -0.3 is 19.8 Å². The summed E-state index contributed by atoms with van der Waals surface area (Å²) in [5.74, 6) is 0.776. The first-order valence-corrected chi connectivity index (χ1v) is 10.8. The van der Waals surface area contributed by atoms with Crippen LogP contribution in [0, 0.1) is 11.3 Å². The average molecular weight is 431 g/mol. The van der Waals surface area contributed by atoms with Crippen molar-refractivity contribution in [2.45, 2.75) is 32.7 Å². The number of amides is 1. The first-order valence-electron chi connectivity index (χ1n) is 10.8. The van der Waals surface area contributed by atoms with E-state index in [-0.39, 0.29) is 29.2 Å². The molecule has 1 amide bonds. The van der Waals surface area contributed by atoms with E-state index < -0.39 is 0 Å². The van der Waals surface area contributed by atoms with E-state index in [1.165, 1.54) is 12.1 Å². The maximum Gasteiger partial charge on any atom is 0.258 e. The van der Waals surface area contributed by atoms with Crippen LogP contribution >= 0.6 is 0 Å². The number of aromatic nitrogens is 2. The highest BCUT2D eigenvalue weighted by atomic mass is 16.5. The zero-order valence-corrected chi connectivity index (χ0v) is 18.1. The Morgan fingerprint density at radius 2 is 2.12 bits per heavy atom. The van der Waals surface area contributed by atoms with E-state index in [4.69, 9.17) is 9.78 Å². The molecule has 0 unspecified atom stereocenters. The topological polar surface area (TPSA) is 115 Å². The number of benzene rings is 2. The number of carbonyl (C=O) groups excluding carboxylic acids is 1. The molecule has 1 aliphatic carbocycles. The Morgan fingerprint density at radius 3 is 2.88 bits per heavy atom. The molecule has 0 aliphatic heterocycles. The summed E-state index contributed by atoms with van der Waals surface area (Å²) in [4.78, 5) is 18.7. The maximum absolute atomic E-state index is 12.4. The zero-order valence-electron chi connectivity index (χ0n) is 18.1. The van der Waals surface area contributed by atoms with Crippen molar-refractivity contribution in [2.24, 2.45) is 0 Å². The van der Waals surface area contributed by atoms with Crippen molar-refractivity contribution in [3.63, 3.8) is 0 Å². The first kappa shape index (κ1) is 21.5. The molecule has 2 N–H and O–H groups in total. The number of fused-ring (bicyclic) bond motifs is 1. The monoisotopic (exact) mass is 431 g/mol. The number of hydrogen-bond donors (Lipinski definition) is 2. The molecule has 0 saturated carbocycles. The number of nitrogens with one attached hydrogen (secondary N) is 1. The molecule has 4 rings (SSSR count). The third-order valence-corrected chi connectivity index (χ3v) is 5.92. The van der Waals surface area contributed by atoms with Gasteiger partial charge in [-0.3, -0.25) is 4.79 Å². The van der Waals surface area contributed by atoms with Gasteiger partial charge in [-0.2, -0.15) is 10.2 Å². The Bertz CT molecular complexity index is 1180. The van der Waals surface area contributed by atoms with E-state index in [0.717, 1.165) is 29.5 Å². The lowest BCUT2D eigenvalue weighted by Gasteiger charge is -2.21. The van der Waals surface area contributed by atoms with Gasteiger partial charge in [0.05, 0.1) is 12.1 Å². The van der Waals surface area contributed by atoms with E-state index in [0.29, 0.717) is 31.0 Å². The van der Waals surface area contributed by atoms with Gasteiger partial charge in [-0.1, -0.05) is 23.4 Å². The van der Waals surface area contributed by atoms with Crippen molar-refractivity contribution in [3.8, 4) is 34.7 Å². The van der Waals surface area contributed by atoms with Crippen molar-refractivity contribution in [1.82, 2.24) is 20.4 Å². The summed E-state index contributed by atoms with van der Waals surface area (Å²) >= 11 is 0. The molecule has 0 spiro atoms. The maximum atomic E-state index is 12.4. The largest absolute Gasteiger partial charge is 0.507 e. The van der Waals surface area contributed by atoms with Crippen LogP contribution in [0.25, 0.3) is 22.8 Å². The normalized spacial score (nSPS) is 14.7. The van der Waals surface area contributed by atoms with E-state index in [1.54, 1.807) is 6.07 Å². The third kappa shape index (κ3) is 4.07. The minimum absolute atomic E-state index is 0.0881. The molecule has 8 heteroatoms. The number of carbonyl (C=O) groups is 1. The van der Waals surface area contributed by atoms with Gasteiger partial charge in [-0.25, -0.2) is 0 Å². The number of aromatic hydroxyl groups is 1. The Hall–Kier alpha value is -3.70. The van der Waals surface area contributed by atoms with Crippen LogP contribution in [-0.2, 0) is 11.2 Å². The second-order valence-corrected chi connectivity index (χ2v) is 7.68.